The number of nitrogens with zero attached hydrogens (tertiary/aromatic N) is 4. The molecule has 3 N–H and O–H groups in total. The van der Waals surface area contributed by atoms with Crippen LogP contribution < -0.4 is 10.1 Å². The molecule has 0 saturated carbocycles. The molecule has 0 unspecified atom stereocenters. The normalized spacial score (nSPS) is 21.4. The number of aliphatic hydroxyl groups is 2. The molecule has 29 heavy (non-hydrogen) atoms. The van der Waals surface area contributed by atoms with Gasteiger partial charge in [0.15, 0.2) is 17.5 Å². The van der Waals surface area contributed by atoms with Crippen LogP contribution in [-0.4, -0.2) is 48.0 Å². The Bertz CT molecular complexity index is 1030. The molecule has 3 atom stereocenters. The fourth-order valence-electron chi connectivity index (χ4n) is 2.96. The second kappa shape index (κ2) is 8.03. The van der Waals surface area contributed by atoms with E-state index in [-0.39, 0.29) is 30.8 Å². The minimum Gasteiger partial charge on any atom is -0.471 e. The summed E-state index contributed by atoms with van der Waals surface area (Å²) >= 11 is 3.39. The van der Waals surface area contributed by atoms with Gasteiger partial charge in [0.25, 0.3) is 0 Å². The predicted octanol–water partition coefficient (Wildman–Crippen LogP) is 1.72. The molecule has 4 rings (SSSR count). The Balaban J connectivity index is 1.68. The van der Waals surface area contributed by atoms with Crippen molar-refractivity contribution in [1.29, 1.82) is 0 Å². The molecule has 3 aromatic rings. The minimum absolute atomic E-state index is 0.0525. The number of carbonyl (C=O) groups excluding carboxylic acids is 1. The van der Waals surface area contributed by atoms with Crippen LogP contribution in [-0.2, 0) is 16.1 Å². The predicted molar refractivity (Wildman–Crippen MR) is 105 cm³/mol. The van der Waals surface area contributed by atoms with E-state index in [4.69, 9.17) is 9.47 Å². The first-order valence-electron chi connectivity index (χ1n) is 8.81. The Hall–Kier alpha value is -2.60. The van der Waals surface area contributed by atoms with E-state index in [0.29, 0.717) is 11.2 Å². The van der Waals surface area contributed by atoms with Crippen molar-refractivity contribution in [2.24, 2.45) is 0 Å². The number of nitrogens with one attached hydrogen (secondary N) is 1. The summed E-state index contributed by atoms with van der Waals surface area (Å²) < 4.78 is 13.7. The largest absolute Gasteiger partial charge is 0.471 e. The van der Waals surface area contributed by atoms with E-state index in [0.717, 1.165) is 10.0 Å². The minimum atomic E-state index is -1.29. The molecule has 2 aromatic heterocycles. The highest BCUT2D eigenvalue weighted by Crippen LogP contribution is 2.32. The molecule has 0 bridgehead atoms. The average Bonchev–Trinajstić information content (AvgIpc) is 3.24. The molecule has 1 amide bonds. The number of hydrogen-bond acceptors (Lipinski definition) is 8. The molecule has 1 fully saturated rings. The highest BCUT2D eigenvalue weighted by Gasteiger charge is 2.34. The number of carbonyl (C=O) groups is 1. The van der Waals surface area contributed by atoms with E-state index in [9.17, 15) is 15.0 Å². The molecule has 10 nitrogen and oxygen atoms in total. The number of aliphatic hydroxyl groups excluding tert-OH is 2. The molecule has 152 valence electrons. The van der Waals surface area contributed by atoms with Crippen molar-refractivity contribution in [1.82, 2.24) is 19.5 Å². The van der Waals surface area contributed by atoms with Gasteiger partial charge in [-0.15, -0.1) is 0 Å². The number of rotatable bonds is 5. The van der Waals surface area contributed by atoms with Crippen LogP contribution in [0, 0.1) is 0 Å². The van der Waals surface area contributed by atoms with Crippen LogP contribution in [0.5, 0.6) is 5.88 Å². The Morgan fingerprint density at radius 3 is 2.76 bits per heavy atom. The van der Waals surface area contributed by atoms with Gasteiger partial charge in [0.2, 0.25) is 17.7 Å². The highest BCUT2D eigenvalue weighted by molar-refractivity contribution is 9.10. The maximum absolute atomic E-state index is 11.5. The van der Waals surface area contributed by atoms with Crippen molar-refractivity contribution in [2.45, 2.75) is 38.6 Å². The Kier molecular flexibility index (Phi) is 5.46. The second-order valence-corrected chi connectivity index (χ2v) is 7.47. The van der Waals surface area contributed by atoms with Gasteiger partial charge in [-0.3, -0.25) is 14.7 Å². The van der Waals surface area contributed by atoms with E-state index < -0.39 is 18.6 Å². The smallest absolute Gasteiger partial charge is 0.247 e. The first-order valence-corrected chi connectivity index (χ1v) is 9.61. The monoisotopic (exact) mass is 463 g/mol. The van der Waals surface area contributed by atoms with Crippen LogP contribution in [0.1, 0.15) is 25.1 Å². The van der Waals surface area contributed by atoms with Crippen molar-refractivity contribution in [2.75, 3.05) is 5.32 Å². The molecular weight excluding hydrogens is 446 g/mol. The van der Waals surface area contributed by atoms with Gasteiger partial charge < -0.3 is 19.7 Å². The maximum Gasteiger partial charge on any atom is 0.247 e. The molecule has 3 heterocycles. The van der Waals surface area contributed by atoms with Gasteiger partial charge in [-0.05, 0) is 17.7 Å². The van der Waals surface area contributed by atoms with Crippen LogP contribution in [0.4, 0.5) is 5.95 Å². The highest BCUT2D eigenvalue weighted by atomic mass is 79.9. The number of ether oxygens (including phenoxy) is 2. The zero-order valence-corrected chi connectivity index (χ0v) is 16.9. The summed E-state index contributed by atoms with van der Waals surface area (Å²) in [5, 5.41) is 22.0. The third-order valence-electron chi connectivity index (χ3n) is 4.35. The molecule has 1 aliphatic rings. The Labute approximate surface area is 173 Å². The molecule has 0 aliphatic carbocycles. The fourth-order valence-corrected chi connectivity index (χ4v) is 3.22. The van der Waals surface area contributed by atoms with Crippen LogP contribution in [0.25, 0.3) is 11.2 Å². The van der Waals surface area contributed by atoms with Crippen LogP contribution in [0.3, 0.4) is 0 Å². The first kappa shape index (κ1) is 19.7. The summed E-state index contributed by atoms with van der Waals surface area (Å²) in [5.41, 5.74) is 1.64. The molecular formula is C18H18BrN5O5. The van der Waals surface area contributed by atoms with Crippen LogP contribution in [0.2, 0.25) is 0 Å². The summed E-state index contributed by atoms with van der Waals surface area (Å²) in [7, 11) is 0. The molecule has 11 heteroatoms. The number of anilines is 1. The Morgan fingerprint density at radius 2 is 2.10 bits per heavy atom. The van der Waals surface area contributed by atoms with Crippen molar-refractivity contribution in [3.8, 4) is 5.88 Å². The number of hydrogen-bond donors (Lipinski definition) is 3. The lowest BCUT2D eigenvalue weighted by Crippen LogP contribution is -2.19. The maximum atomic E-state index is 11.5. The summed E-state index contributed by atoms with van der Waals surface area (Å²) in [6.07, 6.45) is -1.33. The number of amides is 1. The molecule has 1 aromatic carbocycles. The summed E-state index contributed by atoms with van der Waals surface area (Å²) in [5.74, 6) is -0.0894. The number of aromatic nitrogens is 4. The average molecular weight is 464 g/mol. The van der Waals surface area contributed by atoms with Gasteiger partial charge in [-0.25, -0.2) is 4.98 Å². The SMILES string of the molecule is CC(=O)Nc1nc(OCc2ccc(Br)cc2)c2ncn([C@H]3C[C@H](O)[C@@H](O)O3)c2n1. The lowest BCUT2D eigenvalue weighted by molar-refractivity contribution is -0.140. The molecule has 0 spiro atoms. The standard InChI is InChI=1S/C18H18BrN5O5/c1-9(25)21-18-22-15-14(20-8-24(15)13-6-12(26)17(27)29-13)16(23-18)28-7-10-2-4-11(19)5-3-10/h2-5,8,12-13,17,26-27H,6-7H2,1H3,(H,21,22,23,25)/t12-,13+,17-/m0/s1. The topological polar surface area (TPSA) is 132 Å². The summed E-state index contributed by atoms with van der Waals surface area (Å²) in [4.78, 5) is 24.4. The zero-order chi connectivity index (χ0) is 20.5. The lowest BCUT2D eigenvalue weighted by atomic mass is 10.2. The van der Waals surface area contributed by atoms with Gasteiger partial charge in [-0.2, -0.15) is 9.97 Å². The molecule has 1 aliphatic heterocycles. The summed E-state index contributed by atoms with van der Waals surface area (Å²) in [6, 6.07) is 7.62. The zero-order valence-electron chi connectivity index (χ0n) is 15.3. The second-order valence-electron chi connectivity index (χ2n) is 6.56. The first-order chi connectivity index (χ1) is 13.9. The quantitative estimate of drug-likeness (QED) is 0.520. The number of fused-ring (bicyclic) bond motifs is 1. The lowest BCUT2D eigenvalue weighted by Gasteiger charge is -2.13. The van der Waals surface area contributed by atoms with Gasteiger partial charge in [0.05, 0.1) is 6.33 Å². The van der Waals surface area contributed by atoms with Gasteiger partial charge in [0.1, 0.15) is 18.9 Å². The van der Waals surface area contributed by atoms with E-state index in [1.807, 2.05) is 24.3 Å². The number of benzene rings is 1. The van der Waals surface area contributed by atoms with Crippen molar-refractivity contribution in [3.63, 3.8) is 0 Å². The van der Waals surface area contributed by atoms with Crippen LogP contribution in [0.15, 0.2) is 35.1 Å². The van der Waals surface area contributed by atoms with E-state index in [1.165, 1.54) is 13.3 Å². The number of halogens is 1. The van der Waals surface area contributed by atoms with Crippen LogP contribution >= 0.6 is 15.9 Å². The fraction of sp³-hybridized carbons (Fsp3) is 0.333. The molecule has 1 saturated heterocycles. The van der Waals surface area contributed by atoms with Crippen molar-refractivity contribution < 1.29 is 24.5 Å². The third kappa shape index (κ3) is 4.22. The number of imidazole rings is 1. The van der Waals surface area contributed by atoms with Crippen molar-refractivity contribution >= 4 is 38.9 Å². The van der Waals surface area contributed by atoms with Gasteiger partial charge in [0, 0.05) is 17.8 Å². The molecule has 0 radical (unpaired) electrons. The van der Waals surface area contributed by atoms with Gasteiger partial charge >= 0.3 is 0 Å². The van der Waals surface area contributed by atoms with E-state index in [2.05, 4.69) is 36.2 Å². The van der Waals surface area contributed by atoms with E-state index >= 15 is 0 Å². The van der Waals surface area contributed by atoms with Crippen molar-refractivity contribution in [3.05, 3.63) is 40.6 Å². The van der Waals surface area contributed by atoms with Gasteiger partial charge in [-0.1, -0.05) is 28.1 Å². The van der Waals surface area contributed by atoms with E-state index in [1.54, 1.807) is 4.57 Å². The Morgan fingerprint density at radius 1 is 1.34 bits per heavy atom. The third-order valence-corrected chi connectivity index (χ3v) is 4.87. The summed E-state index contributed by atoms with van der Waals surface area (Å²) in [6.45, 7) is 1.59.